The highest BCUT2D eigenvalue weighted by atomic mass is 16.2. The summed E-state index contributed by atoms with van der Waals surface area (Å²) in [5, 5.41) is 3.32. The second-order valence-electron chi connectivity index (χ2n) is 5.62. The number of carbonyl (C=O) groups is 1. The van der Waals surface area contributed by atoms with Crippen LogP contribution in [0.25, 0.3) is 0 Å². The summed E-state index contributed by atoms with van der Waals surface area (Å²) in [5.41, 5.74) is 1.41. The van der Waals surface area contributed by atoms with E-state index in [4.69, 9.17) is 0 Å². The van der Waals surface area contributed by atoms with Gasteiger partial charge in [-0.05, 0) is 38.3 Å². The SMILES string of the molecule is O=C(CCC1CCNC1)N1CCc2c(nc[nH]c2=O)C1. The highest BCUT2D eigenvalue weighted by Gasteiger charge is 2.24. The topological polar surface area (TPSA) is 78.1 Å². The van der Waals surface area contributed by atoms with Crippen molar-refractivity contribution >= 4 is 5.91 Å². The molecule has 0 aromatic carbocycles. The van der Waals surface area contributed by atoms with Crippen molar-refractivity contribution in [3.8, 4) is 0 Å². The average molecular weight is 276 g/mol. The van der Waals surface area contributed by atoms with Crippen LogP contribution in [0.1, 0.15) is 30.5 Å². The molecule has 6 heteroatoms. The Hall–Kier alpha value is -1.69. The van der Waals surface area contributed by atoms with Gasteiger partial charge in [0.2, 0.25) is 5.91 Å². The highest BCUT2D eigenvalue weighted by Crippen LogP contribution is 2.18. The minimum atomic E-state index is -0.0703. The number of aromatic nitrogens is 2. The lowest BCUT2D eigenvalue weighted by molar-refractivity contribution is -0.132. The van der Waals surface area contributed by atoms with Gasteiger partial charge in [-0.1, -0.05) is 0 Å². The average Bonchev–Trinajstić information content (AvgIpc) is 2.98. The third-order valence-electron chi connectivity index (χ3n) is 4.29. The summed E-state index contributed by atoms with van der Waals surface area (Å²) in [6, 6.07) is 0. The molecule has 6 nitrogen and oxygen atoms in total. The van der Waals surface area contributed by atoms with E-state index >= 15 is 0 Å². The van der Waals surface area contributed by atoms with Gasteiger partial charge in [0.1, 0.15) is 0 Å². The molecule has 1 saturated heterocycles. The Labute approximate surface area is 117 Å². The standard InChI is InChI=1S/C14H20N4O2/c19-13(2-1-10-3-5-15-7-10)18-6-4-11-12(8-18)16-9-17-14(11)20/h9-10,15H,1-8H2,(H,16,17,20). The predicted molar refractivity (Wildman–Crippen MR) is 74.2 cm³/mol. The Bertz CT molecular complexity index is 548. The van der Waals surface area contributed by atoms with Crippen LogP contribution in [0.15, 0.2) is 11.1 Å². The van der Waals surface area contributed by atoms with E-state index in [1.54, 1.807) is 0 Å². The van der Waals surface area contributed by atoms with Crippen molar-refractivity contribution in [1.29, 1.82) is 0 Å². The van der Waals surface area contributed by atoms with Gasteiger partial charge in [-0.3, -0.25) is 9.59 Å². The zero-order valence-electron chi connectivity index (χ0n) is 11.5. The largest absolute Gasteiger partial charge is 0.336 e. The molecule has 108 valence electrons. The molecule has 20 heavy (non-hydrogen) atoms. The number of H-pyrrole nitrogens is 1. The number of hydrogen-bond acceptors (Lipinski definition) is 4. The van der Waals surface area contributed by atoms with Crippen LogP contribution in [0.4, 0.5) is 0 Å². The van der Waals surface area contributed by atoms with E-state index < -0.39 is 0 Å². The Balaban J connectivity index is 1.58. The molecule has 1 atom stereocenters. The van der Waals surface area contributed by atoms with Crippen molar-refractivity contribution in [2.75, 3.05) is 19.6 Å². The van der Waals surface area contributed by atoms with Crippen molar-refractivity contribution in [3.63, 3.8) is 0 Å². The van der Waals surface area contributed by atoms with Gasteiger partial charge in [0.05, 0.1) is 18.6 Å². The first-order valence-corrected chi connectivity index (χ1v) is 7.28. The molecule has 0 spiro atoms. The molecule has 1 unspecified atom stereocenters. The molecular weight excluding hydrogens is 256 g/mol. The monoisotopic (exact) mass is 276 g/mol. The van der Waals surface area contributed by atoms with Crippen molar-refractivity contribution in [1.82, 2.24) is 20.2 Å². The molecule has 0 aliphatic carbocycles. The van der Waals surface area contributed by atoms with E-state index in [0.29, 0.717) is 31.8 Å². The molecule has 3 heterocycles. The summed E-state index contributed by atoms with van der Waals surface area (Å²) >= 11 is 0. The quantitative estimate of drug-likeness (QED) is 0.817. The van der Waals surface area contributed by atoms with Gasteiger partial charge in [-0.25, -0.2) is 4.98 Å². The molecule has 2 aliphatic heterocycles. The normalized spacial score (nSPS) is 21.8. The molecule has 1 aromatic rings. The lowest BCUT2D eigenvalue weighted by Gasteiger charge is -2.27. The van der Waals surface area contributed by atoms with Crippen LogP contribution in [0.3, 0.4) is 0 Å². The number of aromatic amines is 1. The van der Waals surface area contributed by atoms with Gasteiger partial charge in [0, 0.05) is 18.5 Å². The minimum absolute atomic E-state index is 0.0703. The molecule has 2 aliphatic rings. The fourth-order valence-electron chi connectivity index (χ4n) is 3.03. The van der Waals surface area contributed by atoms with Crippen molar-refractivity contribution in [3.05, 3.63) is 27.9 Å². The fraction of sp³-hybridized carbons (Fsp3) is 0.643. The van der Waals surface area contributed by atoms with Crippen LogP contribution >= 0.6 is 0 Å². The van der Waals surface area contributed by atoms with E-state index in [1.807, 2.05) is 4.90 Å². The van der Waals surface area contributed by atoms with Crippen molar-refractivity contribution in [2.24, 2.45) is 5.92 Å². The Morgan fingerprint density at radius 2 is 2.40 bits per heavy atom. The van der Waals surface area contributed by atoms with Crippen LogP contribution in [0.2, 0.25) is 0 Å². The number of rotatable bonds is 3. The maximum Gasteiger partial charge on any atom is 0.254 e. The molecular formula is C14H20N4O2. The summed E-state index contributed by atoms with van der Waals surface area (Å²) < 4.78 is 0. The molecule has 1 amide bonds. The minimum Gasteiger partial charge on any atom is -0.336 e. The molecule has 2 N–H and O–H groups in total. The molecule has 0 bridgehead atoms. The summed E-state index contributed by atoms with van der Waals surface area (Å²) in [4.78, 5) is 32.5. The van der Waals surface area contributed by atoms with Crippen LogP contribution in [-0.2, 0) is 17.8 Å². The van der Waals surface area contributed by atoms with E-state index in [1.165, 1.54) is 12.7 Å². The second kappa shape index (κ2) is 5.75. The summed E-state index contributed by atoms with van der Waals surface area (Å²) in [7, 11) is 0. The summed E-state index contributed by atoms with van der Waals surface area (Å²) in [5.74, 6) is 0.821. The van der Waals surface area contributed by atoms with Gasteiger partial charge in [0.25, 0.3) is 5.56 Å². The Kier molecular flexibility index (Phi) is 3.82. The zero-order valence-corrected chi connectivity index (χ0v) is 11.5. The number of fused-ring (bicyclic) bond motifs is 1. The van der Waals surface area contributed by atoms with Crippen LogP contribution in [0, 0.1) is 5.92 Å². The predicted octanol–water partition coefficient (Wildman–Crippen LogP) is 0.0443. The second-order valence-corrected chi connectivity index (χ2v) is 5.62. The molecule has 3 rings (SSSR count). The van der Waals surface area contributed by atoms with Crippen molar-refractivity contribution in [2.45, 2.75) is 32.2 Å². The van der Waals surface area contributed by atoms with E-state index in [0.717, 1.165) is 30.8 Å². The van der Waals surface area contributed by atoms with Crippen molar-refractivity contribution < 1.29 is 4.79 Å². The molecule has 0 radical (unpaired) electrons. The lowest BCUT2D eigenvalue weighted by atomic mass is 10.0. The third-order valence-corrected chi connectivity index (χ3v) is 4.29. The van der Waals surface area contributed by atoms with Crippen LogP contribution in [-0.4, -0.2) is 40.4 Å². The number of nitrogens with one attached hydrogen (secondary N) is 2. The van der Waals surface area contributed by atoms with Gasteiger partial charge in [-0.2, -0.15) is 0 Å². The molecule has 1 fully saturated rings. The van der Waals surface area contributed by atoms with Crippen LogP contribution in [0.5, 0.6) is 0 Å². The maximum absolute atomic E-state index is 12.2. The van der Waals surface area contributed by atoms with Gasteiger partial charge >= 0.3 is 0 Å². The number of amides is 1. The fourth-order valence-corrected chi connectivity index (χ4v) is 3.03. The maximum atomic E-state index is 12.2. The summed E-state index contributed by atoms with van der Waals surface area (Å²) in [6.45, 7) is 3.21. The smallest absolute Gasteiger partial charge is 0.254 e. The molecule has 1 aromatic heterocycles. The third kappa shape index (κ3) is 2.75. The van der Waals surface area contributed by atoms with E-state index in [-0.39, 0.29) is 11.5 Å². The first-order valence-electron chi connectivity index (χ1n) is 7.28. The van der Waals surface area contributed by atoms with Gasteiger partial charge in [0.15, 0.2) is 0 Å². The van der Waals surface area contributed by atoms with Gasteiger partial charge < -0.3 is 15.2 Å². The van der Waals surface area contributed by atoms with Gasteiger partial charge in [-0.15, -0.1) is 0 Å². The number of nitrogens with zero attached hydrogens (tertiary/aromatic N) is 2. The first-order chi connectivity index (χ1) is 9.74. The Morgan fingerprint density at radius 1 is 1.50 bits per heavy atom. The molecule has 0 saturated carbocycles. The lowest BCUT2D eigenvalue weighted by Crippen LogP contribution is -2.39. The first kappa shape index (κ1) is 13.3. The Morgan fingerprint density at radius 3 is 3.20 bits per heavy atom. The van der Waals surface area contributed by atoms with E-state index in [9.17, 15) is 9.59 Å². The summed E-state index contributed by atoms with van der Waals surface area (Å²) in [6.07, 6.45) is 4.75. The zero-order chi connectivity index (χ0) is 13.9. The highest BCUT2D eigenvalue weighted by molar-refractivity contribution is 5.76. The van der Waals surface area contributed by atoms with E-state index in [2.05, 4.69) is 15.3 Å². The van der Waals surface area contributed by atoms with Crippen LogP contribution < -0.4 is 10.9 Å². The number of hydrogen-bond donors (Lipinski definition) is 2. The number of carbonyl (C=O) groups excluding carboxylic acids is 1.